The minimum absolute atomic E-state index is 0.599. The van der Waals surface area contributed by atoms with Crippen LogP contribution in [-0.4, -0.2) is 15.0 Å². The molecule has 0 fully saturated rings. The van der Waals surface area contributed by atoms with Crippen LogP contribution in [0.3, 0.4) is 0 Å². The van der Waals surface area contributed by atoms with E-state index in [1.54, 1.807) is 0 Å². The summed E-state index contributed by atoms with van der Waals surface area (Å²) in [5.41, 5.74) is 9.06. The van der Waals surface area contributed by atoms with Crippen LogP contribution in [0.5, 0.6) is 0 Å². The molecule has 0 saturated carbocycles. The Hall–Kier alpha value is -6.91. The van der Waals surface area contributed by atoms with Crippen molar-refractivity contribution in [3.05, 3.63) is 176 Å². The Balaban J connectivity index is 1.16. The maximum atomic E-state index is 6.63. The van der Waals surface area contributed by atoms with Crippen molar-refractivity contribution in [2.45, 2.75) is 0 Å². The molecule has 10 rings (SSSR count). The zero-order valence-corrected chi connectivity index (χ0v) is 27.5. The Morgan fingerprint density at radius 3 is 1.51 bits per heavy atom. The first-order valence-electron chi connectivity index (χ1n) is 17.1. The second-order valence-corrected chi connectivity index (χ2v) is 12.8. The molecule has 10 aromatic rings. The van der Waals surface area contributed by atoms with Crippen LogP contribution in [0.2, 0.25) is 0 Å². The highest BCUT2D eigenvalue weighted by molar-refractivity contribution is 6.22. The molecule has 0 aliphatic heterocycles. The van der Waals surface area contributed by atoms with E-state index in [1.807, 2.05) is 42.5 Å². The second kappa shape index (κ2) is 11.9. The van der Waals surface area contributed by atoms with E-state index in [9.17, 15) is 0 Å². The molecule has 51 heavy (non-hydrogen) atoms. The first kappa shape index (κ1) is 29.0. The molecule has 2 heterocycles. The number of furan rings is 1. The van der Waals surface area contributed by atoms with Gasteiger partial charge in [0.15, 0.2) is 17.5 Å². The molecule has 0 spiro atoms. The number of rotatable bonds is 5. The molecule has 0 atom stereocenters. The van der Waals surface area contributed by atoms with Crippen LogP contribution in [0.25, 0.3) is 99.9 Å². The van der Waals surface area contributed by atoms with Gasteiger partial charge in [0.1, 0.15) is 11.2 Å². The number of nitrogens with zero attached hydrogens (tertiary/aromatic N) is 3. The third kappa shape index (κ3) is 5.13. The smallest absolute Gasteiger partial charge is 0.164 e. The van der Waals surface area contributed by atoms with Crippen LogP contribution in [-0.2, 0) is 0 Å². The highest BCUT2D eigenvalue weighted by atomic mass is 16.3. The molecule has 0 unspecified atom stereocenters. The van der Waals surface area contributed by atoms with Gasteiger partial charge in [0.2, 0.25) is 0 Å². The van der Waals surface area contributed by atoms with Gasteiger partial charge in [-0.15, -0.1) is 0 Å². The van der Waals surface area contributed by atoms with Crippen LogP contribution in [0, 0.1) is 0 Å². The number of benzene rings is 8. The summed E-state index contributed by atoms with van der Waals surface area (Å²) in [5.74, 6) is 1.84. The normalized spacial score (nSPS) is 11.5. The van der Waals surface area contributed by atoms with Gasteiger partial charge in [-0.2, -0.15) is 0 Å². The lowest BCUT2D eigenvalue weighted by Crippen LogP contribution is -2.00. The summed E-state index contributed by atoms with van der Waals surface area (Å²) in [6, 6.07) is 61.0. The Bertz CT molecular complexity index is 2900. The number of hydrogen-bond acceptors (Lipinski definition) is 4. The zero-order valence-electron chi connectivity index (χ0n) is 27.5. The molecular weight excluding hydrogens is 623 g/mol. The molecule has 8 aromatic carbocycles. The number of hydrogen-bond donors (Lipinski definition) is 0. The number of aromatic nitrogens is 3. The van der Waals surface area contributed by atoms with Gasteiger partial charge in [-0.05, 0) is 74.1 Å². The Morgan fingerprint density at radius 2 is 0.824 bits per heavy atom. The lowest BCUT2D eigenvalue weighted by molar-refractivity contribution is 0.669. The van der Waals surface area contributed by atoms with Crippen molar-refractivity contribution in [2.24, 2.45) is 0 Å². The first-order chi connectivity index (χ1) is 25.2. The molecule has 0 amide bonds. The van der Waals surface area contributed by atoms with Gasteiger partial charge >= 0.3 is 0 Å². The highest BCUT2D eigenvalue weighted by Crippen LogP contribution is 2.41. The summed E-state index contributed by atoms with van der Waals surface area (Å²) in [5, 5.41) is 6.61. The van der Waals surface area contributed by atoms with Crippen molar-refractivity contribution in [3.63, 3.8) is 0 Å². The van der Waals surface area contributed by atoms with Crippen LogP contribution in [0.1, 0.15) is 0 Å². The Morgan fingerprint density at radius 1 is 0.314 bits per heavy atom. The standard InChI is InChI=1S/C47H29N3O/c1-4-12-30(13-5-1)33-20-21-35-27-37(23-22-34(35)26-33)46-48-45(32-16-8-3-9-17-32)49-47(50-46)41-29-43-44(39-19-11-10-18-38(39)41)40-25-24-36(28-42(40)51-43)31-14-6-2-7-15-31/h1-29H. The van der Waals surface area contributed by atoms with E-state index in [0.29, 0.717) is 17.5 Å². The van der Waals surface area contributed by atoms with Gasteiger partial charge in [-0.1, -0.05) is 146 Å². The van der Waals surface area contributed by atoms with Gasteiger partial charge in [-0.3, -0.25) is 0 Å². The molecule has 0 bridgehead atoms. The van der Waals surface area contributed by atoms with E-state index >= 15 is 0 Å². The van der Waals surface area contributed by atoms with Crippen LogP contribution in [0.4, 0.5) is 0 Å². The maximum absolute atomic E-state index is 6.63. The lowest BCUT2D eigenvalue weighted by atomic mass is 9.97. The predicted molar refractivity (Wildman–Crippen MR) is 209 cm³/mol. The fourth-order valence-corrected chi connectivity index (χ4v) is 7.17. The van der Waals surface area contributed by atoms with Crippen LogP contribution < -0.4 is 0 Å². The van der Waals surface area contributed by atoms with Gasteiger partial charge in [-0.25, -0.2) is 15.0 Å². The fourth-order valence-electron chi connectivity index (χ4n) is 7.17. The minimum Gasteiger partial charge on any atom is -0.456 e. The van der Waals surface area contributed by atoms with Gasteiger partial charge in [0.25, 0.3) is 0 Å². The van der Waals surface area contributed by atoms with E-state index in [0.717, 1.165) is 71.3 Å². The maximum Gasteiger partial charge on any atom is 0.164 e. The summed E-state index contributed by atoms with van der Waals surface area (Å²) in [6.45, 7) is 0. The van der Waals surface area contributed by atoms with Crippen molar-refractivity contribution in [3.8, 4) is 56.4 Å². The fraction of sp³-hybridized carbons (Fsp3) is 0. The summed E-state index contributed by atoms with van der Waals surface area (Å²) in [4.78, 5) is 15.3. The molecule has 4 nitrogen and oxygen atoms in total. The van der Waals surface area contributed by atoms with Crippen molar-refractivity contribution < 1.29 is 4.42 Å². The van der Waals surface area contributed by atoms with Crippen molar-refractivity contribution >= 4 is 43.5 Å². The third-order valence-corrected chi connectivity index (χ3v) is 9.70. The third-order valence-electron chi connectivity index (χ3n) is 9.70. The summed E-state index contributed by atoms with van der Waals surface area (Å²) < 4.78 is 6.63. The molecule has 4 heteroatoms. The topological polar surface area (TPSA) is 51.8 Å². The van der Waals surface area contributed by atoms with E-state index in [1.165, 1.54) is 11.1 Å². The van der Waals surface area contributed by atoms with Crippen LogP contribution >= 0.6 is 0 Å². The summed E-state index contributed by atoms with van der Waals surface area (Å²) >= 11 is 0. The average molecular weight is 652 g/mol. The summed E-state index contributed by atoms with van der Waals surface area (Å²) in [6.07, 6.45) is 0. The molecule has 0 N–H and O–H groups in total. The Labute approximate surface area is 294 Å². The molecule has 0 aliphatic carbocycles. The molecule has 0 saturated heterocycles. The monoisotopic (exact) mass is 651 g/mol. The van der Waals surface area contributed by atoms with E-state index in [2.05, 4.69) is 133 Å². The molecular formula is C47H29N3O. The van der Waals surface area contributed by atoms with Crippen molar-refractivity contribution in [2.75, 3.05) is 0 Å². The van der Waals surface area contributed by atoms with Gasteiger partial charge < -0.3 is 4.42 Å². The van der Waals surface area contributed by atoms with E-state index in [4.69, 9.17) is 19.4 Å². The highest BCUT2D eigenvalue weighted by Gasteiger charge is 2.19. The first-order valence-corrected chi connectivity index (χ1v) is 17.1. The van der Waals surface area contributed by atoms with Crippen molar-refractivity contribution in [1.29, 1.82) is 0 Å². The average Bonchev–Trinajstić information content (AvgIpc) is 3.59. The quantitative estimate of drug-likeness (QED) is 0.186. The van der Waals surface area contributed by atoms with Gasteiger partial charge in [0, 0.05) is 27.5 Å². The largest absolute Gasteiger partial charge is 0.456 e. The SMILES string of the molecule is c1ccc(-c2ccc3cc(-c4nc(-c5ccccc5)nc(-c5cc6oc7cc(-c8ccccc8)ccc7c6c6ccccc56)n4)ccc3c2)cc1. The van der Waals surface area contributed by atoms with Crippen molar-refractivity contribution in [1.82, 2.24) is 15.0 Å². The number of fused-ring (bicyclic) bond motifs is 6. The Kier molecular flexibility index (Phi) is 6.78. The lowest BCUT2D eigenvalue weighted by Gasteiger charge is -2.11. The molecule has 0 radical (unpaired) electrons. The van der Waals surface area contributed by atoms with E-state index < -0.39 is 0 Å². The second-order valence-electron chi connectivity index (χ2n) is 12.8. The van der Waals surface area contributed by atoms with Gasteiger partial charge in [0.05, 0.1) is 0 Å². The minimum atomic E-state index is 0.599. The molecule has 0 aliphatic rings. The van der Waals surface area contributed by atoms with Crippen LogP contribution in [0.15, 0.2) is 180 Å². The summed E-state index contributed by atoms with van der Waals surface area (Å²) in [7, 11) is 0. The zero-order chi connectivity index (χ0) is 33.7. The predicted octanol–water partition coefficient (Wildman–Crippen LogP) is 12.4. The molecule has 238 valence electrons. The van der Waals surface area contributed by atoms with E-state index in [-0.39, 0.29) is 0 Å². The molecule has 2 aromatic heterocycles.